The molecule has 0 aliphatic heterocycles. The second-order valence-corrected chi connectivity index (χ2v) is 16.0. The molecule has 0 amide bonds. The molecule has 0 aliphatic rings. The van der Waals surface area contributed by atoms with Crippen LogP contribution in [0.25, 0.3) is 10.9 Å². The molecule has 1 aromatic carbocycles. The summed E-state index contributed by atoms with van der Waals surface area (Å²) in [5, 5.41) is 20.4. The number of hydrogen-bond donors (Lipinski definition) is 1. The van der Waals surface area contributed by atoms with E-state index < -0.39 is 64.5 Å². The first-order valence-corrected chi connectivity index (χ1v) is 13.8. The van der Waals surface area contributed by atoms with E-state index in [9.17, 15) is 38.0 Å². The number of carbonyl (C=O) groups is 1. The van der Waals surface area contributed by atoms with Crippen molar-refractivity contribution < 1.29 is 32.4 Å². The van der Waals surface area contributed by atoms with Crippen LogP contribution in [0.1, 0.15) is 63.5 Å². The van der Waals surface area contributed by atoms with Crippen LogP contribution in [0.5, 0.6) is 0 Å². The molecule has 0 saturated heterocycles. The highest BCUT2D eigenvalue weighted by molar-refractivity contribution is 6.74. The molecule has 2 rings (SSSR count). The number of hydrogen-bond acceptors (Lipinski definition) is 5. The van der Waals surface area contributed by atoms with Crippen molar-refractivity contribution in [3.8, 4) is 0 Å². The van der Waals surface area contributed by atoms with E-state index in [4.69, 9.17) is 4.43 Å². The predicted octanol–water partition coefficient (Wildman–Crippen LogP) is 6.24. The summed E-state index contributed by atoms with van der Waals surface area (Å²) in [4.78, 5) is 34.8. The monoisotopic (exact) mass is 516 g/mol. The van der Waals surface area contributed by atoms with Crippen molar-refractivity contribution in [1.82, 2.24) is 4.57 Å². The van der Waals surface area contributed by atoms with Gasteiger partial charge in [0.1, 0.15) is 11.1 Å². The molecule has 0 bridgehead atoms. The van der Waals surface area contributed by atoms with Gasteiger partial charge in [0.25, 0.3) is 5.69 Å². The fourth-order valence-electron chi connectivity index (χ4n) is 3.42. The minimum atomic E-state index is -5.07. The molecule has 0 fully saturated rings. The van der Waals surface area contributed by atoms with E-state index in [1.807, 2.05) is 54.6 Å². The van der Waals surface area contributed by atoms with Crippen LogP contribution in [-0.2, 0) is 10.6 Å². The Morgan fingerprint density at radius 3 is 2.11 bits per heavy atom. The van der Waals surface area contributed by atoms with Gasteiger partial charge in [0, 0.05) is 12.3 Å². The lowest BCUT2D eigenvalue weighted by molar-refractivity contribution is -0.387. The zero-order valence-corrected chi connectivity index (χ0v) is 22.0. The number of alkyl halides is 3. The summed E-state index contributed by atoms with van der Waals surface area (Å²) < 4.78 is 48.8. The number of benzene rings is 1. The fraction of sp³-hybridized carbons (Fsp3) is 0.565. The van der Waals surface area contributed by atoms with Crippen LogP contribution in [0.3, 0.4) is 0 Å². The third-order valence-electron chi connectivity index (χ3n) is 6.63. The van der Waals surface area contributed by atoms with Gasteiger partial charge in [0.2, 0.25) is 5.43 Å². The molecular formula is C23H31F3N2O6Si. The van der Waals surface area contributed by atoms with Crippen molar-refractivity contribution in [3.05, 3.63) is 49.8 Å². The Kier molecular flexibility index (Phi) is 7.37. The average molecular weight is 517 g/mol. The number of pyridine rings is 1. The number of aromatic nitrogens is 1. The summed E-state index contributed by atoms with van der Waals surface area (Å²) in [6, 6.07) is 0.365. The maximum Gasteiger partial charge on any atom is 0.423 e. The van der Waals surface area contributed by atoms with E-state index in [1.165, 1.54) is 4.57 Å². The molecule has 8 nitrogen and oxygen atoms in total. The van der Waals surface area contributed by atoms with Crippen LogP contribution < -0.4 is 5.43 Å². The topological polar surface area (TPSA) is 112 Å². The minimum absolute atomic E-state index is 0.0371. The Balaban J connectivity index is 2.97. The van der Waals surface area contributed by atoms with Gasteiger partial charge in [-0.25, -0.2) is 4.79 Å². The second-order valence-electron chi connectivity index (χ2n) is 11.2. The van der Waals surface area contributed by atoms with Gasteiger partial charge >= 0.3 is 12.1 Å². The molecule has 2 aromatic rings. The van der Waals surface area contributed by atoms with E-state index in [0.717, 1.165) is 6.20 Å². The van der Waals surface area contributed by atoms with Crippen LogP contribution in [0, 0.1) is 15.5 Å². The normalized spacial score (nSPS) is 14.3. The zero-order valence-electron chi connectivity index (χ0n) is 21.0. The van der Waals surface area contributed by atoms with Crippen molar-refractivity contribution >= 4 is 30.9 Å². The molecule has 35 heavy (non-hydrogen) atoms. The van der Waals surface area contributed by atoms with Crippen LogP contribution in [0.2, 0.25) is 18.1 Å². The van der Waals surface area contributed by atoms with E-state index in [0.29, 0.717) is 12.1 Å². The zero-order chi connectivity index (χ0) is 27.3. The number of fused-ring (bicyclic) bond motifs is 1. The molecule has 1 N–H and O–H groups in total. The molecule has 1 heterocycles. The highest BCUT2D eigenvalue weighted by atomic mass is 28.4. The third-order valence-corrected chi connectivity index (χ3v) is 11.1. The van der Waals surface area contributed by atoms with Crippen molar-refractivity contribution in [2.24, 2.45) is 5.41 Å². The van der Waals surface area contributed by atoms with Gasteiger partial charge in [-0.15, -0.1) is 0 Å². The molecule has 194 valence electrons. The number of carboxylic acid groups (broad SMARTS) is 1. The van der Waals surface area contributed by atoms with Crippen molar-refractivity contribution in [2.75, 3.05) is 6.61 Å². The van der Waals surface area contributed by atoms with Gasteiger partial charge < -0.3 is 14.1 Å². The summed E-state index contributed by atoms with van der Waals surface area (Å²) in [7, 11) is -2.32. The van der Waals surface area contributed by atoms with Gasteiger partial charge in [-0.05, 0) is 29.6 Å². The first-order chi connectivity index (χ1) is 15.6. The van der Waals surface area contributed by atoms with Crippen LogP contribution >= 0.6 is 0 Å². The highest BCUT2D eigenvalue weighted by Gasteiger charge is 2.41. The van der Waals surface area contributed by atoms with E-state index in [-0.39, 0.29) is 17.2 Å². The molecule has 1 unspecified atom stereocenters. The summed E-state index contributed by atoms with van der Waals surface area (Å²) >= 11 is 0. The summed E-state index contributed by atoms with van der Waals surface area (Å²) in [6.07, 6.45) is -4.07. The number of carboxylic acids is 1. The van der Waals surface area contributed by atoms with E-state index in [2.05, 4.69) is 0 Å². The Morgan fingerprint density at radius 1 is 1.17 bits per heavy atom. The standard InChI is InChI=1S/C23H31F3N2O6Si/c1-21(2,3)18(12-34-35(7,8)22(4,5)6)27-11-14(20(30)31)19(29)13-9-17(28(32)33)15(10-16(13)27)23(24,25)26/h9-11,18H,12H2,1-8H3,(H,30,31). The number of aromatic carboxylic acids is 1. The summed E-state index contributed by atoms with van der Waals surface area (Å²) in [5.41, 5.74) is -5.55. The lowest BCUT2D eigenvalue weighted by Gasteiger charge is -2.40. The van der Waals surface area contributed by atoms with Gasteiger partial charge in [-0.1, -0.05) is 41.5 Å². The predicted molar refractivity (Wildman–Crippen MR) is 128 cm³/mol. The second kappa shape index (κ2) is 9.05. The number of nitro groups is 1. The molecule has 0 saturated carbocycles. The molecule has 0 spiro atoms. The van der Waals surface area contributed by atoms with E-state index in [1.54, 1.807) is 0 Å². The van der Waals surface area contributed by atoms with Crippen LogP contribution in [0.15, 0.2) is 23.1 Å². The Labute approximate surface area is 202 Å². The average Bonchev–Trinajstić information content (AvgIpc) is 2.65. The Hall–Kier alpha value is -2.73. The quantitative estimate of drug-likeness (QED) is 0.276. The SMILES string of the molecule is CC(C)(C)C(CO[Si](C)(C)C(C)(C)C)n1cc(C(=O)O)c(=O)c2cc([N+](=O)[O-])c(C(F)(F)F)cc21. The molecule has 1 atom stereocenters. The maximum absolute atomic E-state index is 13.7. The lowest BCUT2D eigenvalue weighted by Crippen LogP contribution is -2.43. The van der Waals surface area contributed by atoms with Gasteiger partial charge in [0.05, 0.1) is 28.5 Å². The van der Waals surface area contributed by atoms with Gasteiger partial charge in [0.15, 0.2) is 8.32 Å². The molecular weight excluding hydrogens is 485 g/mol. The molecule has 0 radical (unpaired) electrons. The number of nitrogens with zero attached hydrogens (tertiary/aromatic N) is 2. The number of nitro benzene ring substituents is 1. The third kappa shape index (κ3) is 5.75. The molecule has 0 aliphatic carbocycles. The lowest BCUT2D eigenvalue weighted by atomic mass is 9.86. The molecule has 1 aromatic heterocycles. The van der Waals surface area contributed by atoms with Crippen molar-refractivity contribution in [1.29, 1.82) is 0 Å². The van der Waals surface area contributed by atoms with Gasteiger partial charge in [-0.2, -0.15) is 13.2 Å². The maximum atomic E-state index is 13.7. The first-order valence-electron chi connectivity index (χ1n) is 10.9. The Morgan fingerprint density at radius 2 is 1.71 bits per heavy atom. The number of rotatable bonds is 6. The number of halogens is 3. The van der Waals surface area contributed by atoms with Crippen LogP contribution in [-0.4, -0.2) is 35.5 Å². The van der Waals surface area contributed by atoms with Crippen LogP contribution in [0.4, 0.5) is 18.9 Å². The highest BCUT2D eigenvalue weighted by Crippen LogP contribution is 2.42. The largest absolute Gasteiger partial charge is 0.477 e. The fourth-order valence-corrected chi connectivity index (χ4v) is 4.43. The van der Waals surface area contributed by atoms with Crippen molar-refractivity contribution in [2.45, 2.75) is 71.9 Å². The Bertz CT molecular complexity index is 1220. The van der Waals surface area contributed by atoms with Gasteiger partial charge in [-0.3, -0.25) is 14.9 Å². The van der Waals surface area contributed by atoms with Crippen molar-refractivity contribution in [3.63, 3.8) is 0 Å². The summed E-state index contributed by atoms with van der Waals surface area (Å²) in [5.74, 6) is -1.59. The first kappa shape index (κ1) is 28.5. The molecule has 12 heteroatoms. The smallest absolute Gasteiger partial charge is 0.423 e. The minimum Gasteiger partial charge on any atom is -0.477 e. The van der Waals surface area contributed by atoms with E-state index >= 15 is 0 Å². The summed E-state index contributed by atoms with van der Waals surface area (Å²) in [6.45, 7) is 15.6.